The first-order chi connectivity index (χ1) is 12.0. The first-order valence-electron chi connectivity index (χ1n) is 8.59. The zero-order chi connectivity index (χ0) is 17.8. The molecule has 3 rings (SSSR count). The van der Waals surface area contributed by atoms with E-state index in [4.69, 9.17) is 5.73 Å². The third-order valence-electron chi connectivity index (χ3n) is 4.05. The van der Waals surface area contributed by atoms with Gasteiger partial charge in [0.05, 0.1) is 11.1 Å². The van der Waals surface area contributed by atoms with Gasteiger partial charge in [-0.3, -0.25) is 0 Å². The Kier molecular flexibility index (Phi) is 5.14. The van der Waals surface area contributed by atoms with Crippen molar-refractivity contribution in [1.82, 2.24) is 9.97 Å². The van der Waals surface area contributed by atoms with Crippen LogP contribution in [-0.4, -0.2) is 27.7 Å². The summed E-state index contributed by atoms with van der Waals surface area (Å²) in [6.07, 6.45) is 0.947. The lowest BCUT2D eigenvalue weighted by atomic mass is 10.0. The number of fused-ring (bicyclic) bond motifs is 1. The summed E-state index contributed by atoms with van der Waals surface area (Å²) in [5.41, 5.74) is 7.64. The summed E-state index contributed by atoms with van der Waals surface area (Å²) in [5, 5.41) is 14.4. The number of nitrogens with two attached hydrogens (primary N) is 1. The second kappa shape index (κ2) is 7.49. The lowest BCUT2D eigenvalue weighted by molar-refractivity contribution is 0.477. The maximum atomic E-state index is 10.1. The fraction of sp³-hybridized carbons (Fsp3) is 0.300. The van der Waals surface area contributed by atoms with Crippen molar-refractivity contribution >= 4 is 16.7 Å². The Hall–Kier alpha value is -2.66. The molecule has 0 bridgehead atoms. The van der Waals surface area contributed by atoms with Crippen LogP contribution >= 0.6 is 0 Å². The number of nitrogens with one attached hydrogen (secondary N) is 1. The number of para-hydroxylation sites is 2. The summed E-state index contributed by atoms with van der Waals surface area (Å²) < 4.78 is 0. The zero-order valence-electron chi connectivity index (χ0n) is 14.6. The maximum Gasteiger partial charge on any atom is 0.165 e. The molecule has 0 spiro atoms. The molecule has 0 aliphatic heterocycles. The average molecular weight is 336 g/mol. The number of phenols is 1. The molecule has 25 heavy (non-hydrogen) atoms. The molecule has 1 unspecified atom stereocenters. The van der Waals surface area contributed by atoms with Crippen molar-refractivity contribution in [3.05, 3.63) is 48.5 Å². The van der Waals surface area contributed by atoms with Crippen LogP contribution in [0, 0.1) is 5.92 Å². The number of hydrogen-bond acceptors (Lipinski definition) is 5. The first-order valence-corrected chi connectivity index (χ1v) is 8.59. The Morgan fingerprint density at radius 2 is 1.76 bits per heavy atom. The fourth-order valence-corrected chi connectivity index (χ4v) is 2.91. The Balaban J connectivity index is 1.97. The van der Waals surface area contributed by atoms with Gasteiger partial charge < -0.3 is 16.2 Å². The van der Waals surface area contributed by atoms with Gasteiger partial charge in [0, 0.05) is 18.0 Å². The van der Waals surface area contributed by atoms with Crippen molar-refractivity contribution < 1.29 is 5.11 Å². The lowest BCUT2D eigenvalue weighted by Crippen LogP contribution is -2.30. The van der Waals surface area contributed by atoms with Crippen LogP contribution in [0.1, 0.15) is 20.3 Å². The Morgan fingerprint density at radius 3 is 2.52 bits per heavy atom. The standard InChI is InChI=1S/C20H24N4O/c1-13(2)11-14(21)12-22-19-15-7-3-5-9-17(15)23-20(24-19)16-8-4-6-10-18(16)25/h3-10,13-14,25H,11-12,21H2,1-2H3,(H,22,23,24). The van der Waals surface area contributed by atoms with Gasteiger partial charge in [-0.25, -0.2) is 9.97 Å². The van der Waals surface area contributed by atoms with Gasteiger partial charge in [0.25, 0.3) is 0 Å². The molecule has 2 aromatic carbocycles. The Morgan fingerprint density at radius 1 is 1.04 bits per heavy atom. The van der Waals surface area contributed by atoms with Crippen LogP contribution in [0.25, 0.3) is 22.3 Å². The monoisotopic (exact) mass is 336 g/mol. The normalized spacial score (nSPS) is 12.5. The van der Waals surface area contributed by atoms with E-state index < -0.39 is 0 Å². The van der Waals surface area contributed by atoms with E-state index in [-0.39, 0.29) is 11.8 Å². The van der Waals surface area contributed by atoms with Crippen molar-refractivity contribution in [2.45, 2.75) is 26.3 Å². The third kappa shape index (κ3) is 4.06. The highest BCUT2D eigenvalue weighted by Crippen LogP contribution is 2.29. The van der Waals surface area contributed by atoms with Gasteiger partial charge in [-0.05, 0) is 36.6 Å². The van der Waals surface area contributed by atoms with Crippen LogP contribution in [0.3, 0.4) is 0 Å². The van der Waals surface area contributed by atoms with Gasteiger partial charge in [0.2, 0.25) is 0 Å². The summed E-state index contributed by atoms with van der Waals surface area (Å²) in [7, 11) is 0. The minimum absolute atomic E-state index is 0.0577. The van der Waals surface area contributed by atoms with Gasteiger partial charge in [0.15, 0.2) is 5.82 Å². The van der Waals surface area contributed by atoms with Gasteiger partial charge in [0.1, 0.15) is 11.6 Å². The summed E-state index contributed by atoms with van der Waals surface area (Å²) in [5.74, 6) is 1.95. The van der Waals surface area contributed by atoms with Gasteiger partial charge in [-0.2, -0.15) is 0 Å². The highest BCUT2D eigenvalue weighted by atomic mass is 16.3. The smallest absolute Gasteiger partial charge is 0.165 e. The number of benzene rings is 2. The van der Waals surface area contributed by atoms with Crippen LogP contribution in [0.4, 0.5) is 5.82 Å². The highest BCUT2D eigenvalue weighted by molar-refractivity contribution is 5.90. The summed E-state index contributed by atoms with van der Waals surface area (Å²) in [4.78, 5) is 9.25. The topological polar surface area (TPSA) is 84.1 Å². The van der Waals surface area contributed by atoms with E-state index >= 15 is 0 Å². The number of hydrogen-bond donors (Lipinski definition) is 3. The molecule has 1 aromatic heterocycles. The van der Waals surface area contributed by atoms with Crippen LogP contribution < -0.4 is 11.1 Å². The molecule has 0 saturated carbocycles. The molecule has 1 atom stereocenters. The maximum absolute atomic E-state index is 10.1. The van der Waals surface area contributed by atoms with Crippen molar-refractivity contribution in [3.63, 3.8) is 0 Å². The van der Waals surface area contributed by atoms with E-state index in [1.54, 1.807) is 12.1 Å². The number of aromatic nitrogens is 2. The highest BCUT2D eigenvalue weighted by Gasteiger charge is 2.13. The fourth-order valence-electron chi connectivity index (χ4n) is 2.91. The number of aromatic hydroxyl groups is 1. The van der Waals surface area contributed by atoms with Crippen molar-refractivity contribution in [3.8, 4) is 17.1 Å². The largest absolute Gasteiger partial charge is 0.507 e. The van der Waals surface area contributed by atoms with E-state index in [2.05, 4.69) is 29.1 Å². The molecule has 0 aliphatic carbocycles. The van der Waals surface area contributed by atoms with E-state index in [0.717, 1.165) is 23.1 Å². The number of nitrogens with zero attached hydrogens (tertiary/aromatic N) is 2. The van der Waals surface area contributed by atoms with Crippen LogP contribution in [0.2, 0.25) is 0 Å². The van der Waals surface area contributed by atoms with Gasteiger partial charge in [-0.15, -0.1) is 0 Å². The van der Waals surface area contributed by atoms with E-state index in [9.17, 15) is 5.11 Å². The second-order valence-electron chi connectivity index (χ2n) is 6.70. The molecular weight excluding hydrogens is 312 g/mol. The Bertz CT molecular complexity index is 863. The van der Waals surface area contributed by atoms with E-state index in [0.29, 0.717) is 23.9 Å². The molecule has 3 aromatic rings. The second-order valence-corrected chi connectivity index (χ2v) is 6.70. The van der Waals surface area contributed by atoms with Crippen molar-refractivity contribution in [2.75, 3.05) is 11.9 Å². The van der Waals surface area contributed by atoms with Crippen LogP contribution in [0.5, 0.6) is 5.75 Å². The molecule has 1 heterocycles. The summed E-state index contributed by atoms with van der Waals surface area (Å²) in [6, 6.07) is 15.0. The predicted molar refractivity (Wildman–Crippen MR) is 103 cm³/mol. The SMILES string of the molecule is CC(C)CC(N)CNc1nc(-c2ccccc2O)nc2ccccc12. The lowest BCUT2D eigenvalue weighted by Gasteiger charge is -2.17. The molecule has 130 valence electrons. The summed E-state index contributed by atoms with van der Waals surface area (Å²) in [6.45, 7) is 4.96. The predicted octanol–water partition coefficient (Wildman–Crippen LogP) is 3.79. The average Bonchev–Trinajstić information content (AvgIpc) is 2.59. The quantitative estimate of drug-likeness (QED) is 0.638. The van der Waals surface area contributed by atoms with E-state index in [1.165, 1.54) is 0 Å². The number of phenolic OH excluding ortho intramolecular Hbond substituents is 1. The number of anilines is 1. The zero-order valence-corrected chi connectivity index (χ0v) is 14.6. The van der Waals surface area contributed by atoms with Crippen LogP contribution in [0.15, 0.2) is 48.5 Å². The molecule has 0 saturated heterocycles. The molecular formula is C20H24N4O. The molecule has 0 radical (unpaired) electrons. The molecule has 5 nitrogen and oxygen atoms in total. The molecule has 0 fully saturated rings. The molecule has 0 aliphatic rings. The Labute approximate surface area is 147 Å². The molecule has 5 heteroatoms. The molecule has 0 amide bonds. The minimum Gasteiger partial charge on any atom is -0.507 e. The number of rotatable bonds is 6. The van der Waals surface area contributed by atoms with Gasteiger partial charge >= 0.3 is 0 Å². The van der Waals surface area contributed by atoms with Gasteiger partial charge in [-0.1, -0.05) is 38.1 Å². The molecule has 4 N–H and O–H groups in total. The first kappa shape index (κ1) is 17.2. The third-order valence-corrected chi connectivity index (χ3v) is 4.05. The van der Waals surface area contributed by atoms with Crippen molar-refractivity contribution in [1.29, 1.82) is 0 Å². The van der Waals surface area contributed by atoms with E-state index in [1.807, 2.05) is 36.4 Å². The minimum atomic E-state index is 0.0577. The van der Waals surface area contributed by atoms with Crippen molar-refractivity contribution in [2.24, 2.45) is 11.7 Å². The summed E-state index contributed by atoms with van der Waals surface area (Å²) >= 11 is 0. The van der Waals surface area contributed by atoms with Crippen LogP contribution in [-0.2, 0) is 0 Å².